The SMILES string of the molecule is C[C@H]1c2nc(-c3ccccc3)nn2CCN1C(=O)c1cnco1. The number of carbonyl (C=O) groups is 1. The van der Waals surface area contributed by atoms with Gasteiger partial charge in [0, 0.05) is 12.1 Å². The van der Waals surface area contributed by atoms with Gasteiger partial charge < -0.3 is 9.32 Å². The summed E-state index contributed by atoms with van der Waals surface area (Å²) in [7, 11) is 0. The molecule has 7 heteroatoms. The minimum Gasteiger partial charge on any atom is -0.438 e. The number of benzene rings is 1. The van der Waals surface area contributed by atoms with E-state index in [0.717, 1.165) is 11.4 Å². The van der Waals surface area contributed by atoms with Gasteiger partial charge in [0.15, 0.2) is 12.2 Å². The summed E-state index contributed by atoms with van der Waals surface area (Å²) >= 11 is 0. The van der Waals surface area contributed by atoms with Gasteiger partial charge in [0.1, 0.15) is 5.82 Å². The van der Waals surface area contributed by atoms with E-state index >= 15 is 0 Å². The number of rotatable bonds is 2. The minimum absolute atomic E-state index is 0.175. The summed E-state index contributed by atoms with van der Waals surface area (Å²) in [4.78, 5) is 22.7. The van der Waals surface area contributed by atoms with E-state index in [2.05, 4.69) is 15.1 Å². The third-order valence-corrected chi connectivity index (χ3v) is 4.03. The first-order valence-electron chi connectivity index (χ1n) is 7.43. The largest absolute Gasteiger partial charge is 0.438 e. The summed E-state index contributed by atoms with van der Waals surface area (Å²) in [6.45, 7) is 3.12. The Morgan fingerprint density at radius 1 is 1.26 bits per heavy atom. The molecule has 1 aromatic carbocycles. The molecule has 7 nitrogen and oxygen atoms in total. The molecule has 1 aliphatic rings. The standard InChI is InChI=1S/C16H15N5O2/c1-11-15-18-14(12-5-3-2-4-6-12)19-21(15)8-7-20(11)16(22)13-9-17-10-23-13/h2-6,9-11H,7-8H2,1H3/t11-/m0/s1. The Hall–Kier alpha value is -2.96. The minimum atomic E-state index is -0.175. The maximum absolute atomic E-state index is 12.5. The molecule has 1 aliphatic heterocycles. The van der Waals surface area contributed by atoms with E-state index in [9.17, 15) is 4.79 Å². The predicted octanol–water partition coefficient (Wildman–Crippen LogP) is 2.15. The second-order valence-electron chi connectivity index (χ2n) is 5.42. The maximum Gasteiger partial charge on any atom is 0.291 e. The number of nitrogens with zero attached hydrogens (tertiary/aromatic N) is 5. The zero-order valence-electron chi connectivity index (χ0n) is 12.6. The van der Waals surface area contributed by atoms with Crippen LogP contribution >= 0.6 is 0 Å². The van der Waals surface area contributed by atoms with Gasteiger partial charge in [-0.1, -0.05) is 30.3 Å². The maximum atomic E-state index is 12.5. The number of oxazole rings is 1. The van der Waals surface area contributed by atoms with Crippen LogP contribution in [0.5, 0.6) is 0 Å². The molecule has 2 aromatic heterocycles. The molecule has 3 heterocycles. The van der Waals surface area contributed by atoms with E-state index in [1.807, 2.05) is 41.9 Å². The Morgan fingerprint density at radius 2 is 2.09 bits per heavy atom. The van der Waals surface area contributed by atoms with Gasteiger partial charge in [-0.05, 0) is 6.92 Å². The highest BCUT2D eigenvalue weighted by molar-refractivity contribution is 5.91. The molecule has 0 aliphatic carbocycles. The predicted molar refractivity (Wildman–Crippen MR) is 81.4 cm³/mol. The van der Waals surface area contributed by atoms with Crippen molar-refractivity contribution < 1.29 is 9.21 Å². The highest BCUT2D eigenvalue weighted by Gasteiger charge is 2.32. The van der Waals surface area contributed by atoms with Crippen LogP contribution in [0.4, 0.5) is 0 Å². The fourth-order valence-corrected chi connectivity index (χ4v) is 2.81. The third-order valence-electron chi connectivity index (χ3n) is 4.03. The molecule has 0 bridgehead atoms. The Balaban J connectivity index is 1.65. The fraction of sp³-hybridized carbons (Fsp3) is 0.250. The van der Waals surface area contributed by atoms with Gasteiger partial charge in [0.25, 0.3) is 5.91 Å². The van der Waals surface area contributed by atoms with E-state index in [1.54, 1.807) is 4.90 Å². The molecule has 0 saturated heterocycles. The average Bonchev–Trinajstić information content (AvgIpc) is 3.25. The lowest BCUT2D eigenvalue weighted by Crippen LogP contribution is -2.41. The molecule has 0 radical (unpaired) electrons. The molecular weight excluding hydrogens is 294 g/mol. The van der Waals surface area contributed by atoms with Crippen molar-refractivity contribution in [3.05, 3.63) is 54.5 Å². The first-order chi connectivity index (χ1) is 11.2. The van der Waals surface area contributed by atoms with Crippen molar-refractivity contribution in [1.29, 1.82) is 0 Å². The zero-order valence-corrected chi connectivity index (χ0v) is 12.6. The number of aromatic nitrogens is 4. The van der Waals surface area contributed by atoms with E-state index in [-0.39, 0.29) is 17.7 Å². The molecule has 0 fully saturated rings. The molecule has 116 valence electrons. The zero-order chi connectivity index (χ0) is 15.8. The van der Waals surface area contributed by atoms with Crippen LogP contribution in [-0.2, 0) is 6.54 Å². The second kappa shape index (κ2) is 5.35. The third kappa shape index (κ3) is 2.30. The Morgan fingerprint density at radius 3 is 2.83 bits per heavy atom. The molecule has 0 N–H and O–H groups in total. The topological polar surface area (TPSA) is 77.1 Å². The van der Waals surface area contributed by atoms with E-state index in [4.69, 9.17) is 4.42 Å². The molecule has 0 spiro atoms. The van der Waals surface area contributed by atoms with Crippen LogP contribution in [0.2, 0.25) is 0 Å². The Labute approximate surface area is 132 Å². The monoisotopic (exact) mass is 309 g/mol. The van der Waals surface area contributed by atoms with Crippen molar-refractivity contribution in [2.24, 2.45) is 0 Å². The highest BCUT2D eigenvalue weighted by atomic mass is 16.3. The van der Waals surface area contributed by atoms with Crippen molar-refractivity contribution >= 4 is 5.91 Å². The average molecular weight is 309 g/mol. The summed E-state index contributed by atoms with van der Waals surface area (Å²) in [6.07, 6.45) is 2.70. The normalized spacial score (nSPS) is 17.1. The first-order valence-corrected chi connectivity index (χ1v) is 7.43. The lowest BCUT2D eigenvalue weighted by molar-refractivity contribution is 0.0598. The van der Waals surface area contributed by atoms with Crippen LogP contribution in [0.1, 0.15) is 29.3 Å². The summed E-state index contributed by atoms with van der Waals surface area (Å²) in [5.74, 6) is 1.53. The molecule has 0 saturated carbocycles. The van der Waals surface area contributed by atoms with Gasteiger partial charge in [0.05, 0.1) is 18.8 Å². The van der Waals surface area contributed by atoms with Crippen LogP contribution in [0.15, 0.2) is 47.3 Å². The van der Waals surface area contributed by atoms with Gasteiger partial charge in [-0.15, -0.1) is 0 Å². The summed E-state index contributed by atoms with van der Waals surface area (Å²) in [5.41, 5.74) is 0.967. The molecule has 23 heavy (non-hydrogen) atoms. The smallest absolute Gasteiger partial charge is 0.291 e. The van der Waals surface area contributed by atoms with Crippen molar-refractivity contribution in [3.63, 3.8) is 0 Å². The number of hydrogen-bond acceptors (Lipinski definition) is 5. The number of carbonyl (C=O) groups excluding carboxylic acids is 1. The van der Waals surface area contributed by atoms with Crippen LogP contribution in [0.3, 0.4) is 0 Å². The lowest BCUT2D eigenvalue weighted by atomic mass is 10.2. The van der Waals surface area contributed by atoms with Crippen LogP contribution in [-0.4, -0.2) is 37.1 Å². The Bertz CT molecular complexity index is 826. The van der Waals surface area contributed by atoms with Gasteiger partial charge in [-0.2, -0.15) is 5.10 Å². The second-order valence-corrected chi connectivity index (χ2v) is 5.42. The molecular formula is C16H15N5O2. The lowest BCUT2D eigenvalue weighted by Gasteiger charge is -2.32. The first kappa shape index (κ1) is 13.7. The van der Waals surface area contributed by atoms with E-state index in [1.165, 1.54) is 12.6 Å². The fourth-order valence-electron chi connectivity index (χ4n) is 2.81. The highest BCUT2D eigenvalue weighted by Crippen LogP contribution is 2.27. The summed E-state index contributed by atoms with van der Waals surface area (Å²) in [5, 5.41) is 4.56. The van der Waals surface area contributed by atoms with Gasteiger partial charge in [0.2, 0.25) is 5.76 Å². The van der Waals surface area contributed by atoms with Crippen molar-refractivity contribution in [2.45, 2.75) is 19.5 Å². The van der Waals surface area contributed by atoms with Gasteiger partial charge in [-0.25, -0.2) is 14.6 Å². The number of fused-ring (bicyclic) bond motifs is 1. The van der Waals surface area contributed by atoms with E-state index in [0.29, 0.717) is 18.9 Å². The van der Waals surface area contributed by atoms with Crippen LogP contribution in [0.25, 0.3) is 11.4 Å². The van der Waals surface area contributed by atoms with Crippen LogP contribution in [0, 0.1) is 0 Å². The van der Waals surface area contributed by atoms with Crippen LogP contribution < -0.4 is 0 Å². The Kier molecular flexibility index (Phi) is 3.18. The quantitative estimate of drug-likeness (QED) is 0.725. The van der Waals surface area contributed by atoms with E-state index < -0.39 is 0 Å². The molecule has 4 rings (SSSR count). The summed E-state index contributed by atoms with van der Waals surface area (Å²) < 4.78 is 6.99. The number of hydrogen-bond donors (Lipinski definition) is 0. The molecule has 1 amide bonds. The van der Waals surface area contributed by atoms with Gasteiger partial charge >= 0.3 is 0 Å². The molecule has 1 atom stereocenters. The number of amides is 1. The molecule has 3 aromatic rings. The summed E-state index contributed by atoms with van der Waals surface area (Å²) in [6, 6.07) is 9.65. The molecule has 0 unspecified atom stereocenters. The van der Waals surface area contributed by atoms with Gasteiger partial charge in [-0.3, -0.25) is 4.79 Å². The van der Waals surface area contributed by atoms with Crippen molar-refractivity contribution in [2.75, 3.05) is 6.54 Å². The van der Waals surface area contributed by atoms with Crippen molar-refractivity contribution in [3.8, 4) is 11.4 Å². The van der Waals surface area contributed by atoms with Crippen molar-refractivity contribution in [1.82, 2.24) is 24.6 Å².